The van der Waals surface area contributed by atoms with E-state index in [0.717, 1.165) is 19.3 Å². The Morgan fingerprint density at radius 2 is 2.29 bits per heavy atom. The molecule has 1 aliphatic carbocycles. The number of ether oxygens (including phenoxy) is 2. The van der Waals surface area contributed by atoms with E-state index in [9.17, 15) is 9.18 Å². The maximum Gasteiger partial charge on any atom is 0.252 e. The van der Waals surface area contributed by atoms with Gasteiger partial charge in [-0.3, -0.25) is 4.79 Å². The molecule has 1 aromatic rings. The molecule has 0 heterocycles. The lowest BCUT2D eigenvalue weighted by molar-refractivity contribution is 0.0915. The van der Waals surface area contributed by atoms with Crippen molar-refractivity contribution in [2.24, 2.45) is 0 Å². The molecule has 2 rings (SSSR count). The maximum absolute atomic E-state index is 14.4. The van der Waals surface area contributed by atoms with Crippen molar-refractivity contribution in [3.63, 3.8) is 0 Å². The molecular formula is C16H18FNO3. The minimum absolute atomic E-state index is 0.0619. The molecule has 0 bridgehead atoms. The molecule has 0 atom stereocenters. The number of benzene rings is 1. The Labute approximate surface area is 123 Å². The third-order valence-electron chi connectivity index (χ3n) is 3.64. The second-order valence-electron chi connectivity index (χ2n) is 4.99. The number of nitrogens with one attached hydrogen (secondary N) is 1. The predicted molar refractivity (Wildman–Crippen MR) is 77.1 cm³/mol. The first-order valence-corrected chi connectivity index (χ1v) is 6.82. The normalized spacial score (nSPS) is 14.0. The van der Waals surface area contributed by atoms with Crippen LogP contribution in [0.4, 0.5) is 4.39 Å². The molecule has 1 fully saturated rings. The summed E-state index contributed by atoms with van der Waals surface area (Å²) in [4.78, 5) is 12.2. The van der Waals surface area contributed by atoms with E-state index in [4.69, 9.17) is 15.9 Å². The lowest BCUT2D eigenvalue weighted by atomic mass is 9.92. The molecule has 0 aliphatic heterocycles. The largest absolute Gasteiger partial charge is 0.493 e. The van der Waals surface area contributed by atoms with Crippen LogP contribution in [0.25, 0.3) is 0 Å². The van der Waals surface area contributed by atoms with E-state index in [1.807, 2.05) is 0 Å². The van der Waals surface area contributed by atoms with Crippen LogP contribution in [-0.4, -0.2) is 25.7 Å². The van der Waals surface area contributed by atoms with Gasteiger partial charge in [0.05, 0.1) is 7.11 Å². The van der Waals surface area contributed by atoms with Crippen LogP contribution < -0.4 is 14.8 Å². The number of methoxy groups -OCH3 is 1. The highest BCUT2D eigenvalue weighted by Gasteiger charge is 2.25. The van der Waals surface area contributed by atoms with Crippen molar-refractivity contribution >= 4 is 5.91 Å². The second-order valence-corrected chi connectivity index (χ2v) is 4.99. The number of hydrogen-bond donors (Lipinski definition) is 1. The molecule has 1 amide bonds. The summed E-state index contributed by atoms with van der Waals surface area (Å²) in [5.41, 5.74) is 0.476. The zero-order valence-corrected chi connectivity index (χ0v) is 12.2. The summed E-state index contributed by atoms with van der Waals surface area (Å²) in [6, 6.07) is 1.67. The van der Waals surface area contributed by atoms with E-state index >= 15 is 0 Å². The van der Waals surface area contributed by atoms with Crippen molar-refractivity contribution in [2.45, 2.75) is 32.2 Å². The monoisotopic (exact) mass is 291 g/mol. The van der Waals surface area contributed by atoms with Crippen molar-refractivity contribution in [3.05, 3.63) is 23.0 Å². The summed E-state index contributed by atoms with van der Waals surface area (Å²) < 4.78 is 24.6. The van der Waals surface area contributed by atoms with E-state index in [-0.39, 0.29) is 41.2 Å². The fraction of sp³-hybridized carbons (Fsp3) is 0.438. The van der Waals surface area contributed by atoms with Gasteiger partial charge in [0.1, 0.15) is 6.61 Å². The molecule has 21 heavy (non-hydrogen) atoms. The SMILES string of the molecule is C#CCOc1c(OC)cc(C(=O)NC2CCC2)c(C)c1F. The second kappa shape index (κ2) is 6.49. The van der Waals surface area contributed by atoms with Crippen LogP contribution in [0.5, 0.6) is 11.5 Å². The molecule has 0 saturated heterocycles. The molecule has 112 valence electrons. The van der Waals surface area contributed by atoms with Gasteiger partial charge in [0.15, 0.2) is 17.3 Å². The number of terminal acetylenes is 1. The number of halogens is 1. The van der Waals surface area contributed by atoms with Gasteiger partial charge in [-0.1, -0.05) is 5.92 Å². The van der Waals surface area contributed by atoms with Crippen LogP contribution in [0, 0.1) is 25.1 Å². The lowest BCUT2D eigenvalue weighted by Crippen LogP contribution is -2.39. The van der Waals surface area contributed by atoms with Crippen LogP contribution in [0.1, 0.15) is 35.2 Å². The highest BCUT2D eigenvalue weighted by molar-refractivity contribution is 5.96. The van der Waals surface area contributed by atoms with Gasteiger partial charge >= 0.3 is 0 Å². The molecule has 1 aromatic carbocycles. The molecule has 0 radical (unpaired) electrons. The molecule has 1 N–H and O–H groups in total. The van der Waals surface area contributed by atoms with Gasteiger partial charge in [0.2, 0.25) is 0 Å². The molecule has 4 nitrogen and oxygen atoms in total. The zero-order valence-electron chi connectivity index (χ0n) is 12.2. The molecular weight excluding hydrogens is 273 g/mol. The molecule has 1 saturated carbocycles. The zero-order chi connectivity index (χ0) is 15.4. The van der Waals surface area contributed by atoms with Crippen LogP contribution in [0.2, 0.25) is 0 Å². The molecule has 0 aromatic heterocycles. The van der Waals surface area contributed by atoms with E-state index in [2.05, 4.69) is 11.2 Å². The van der Waals surface area contributed by atoms with Crippen molar-refractivity contribution in [1.82, 2.24) is 5.32 Å². The Bertz CT molecular complexity index is 588. The lowest BCUT2D eigenvalue weighted by Gasteiger charge is -2.27. The Morgan fingerprint density at radius 3 is 2.81 bits per heavy atom. The maximum atomic E-state index is 14.4. The minimum atomic E-state index is -0.622. The number of carbonyl (C=O) groups excluding carboxylic acids is 1. The Morgan fingerprint density at radius 1 is 1.57 bits per heavy atom. The van der Waals surface area contributed by atoms with Crippen molar-refractivity contribution < 1.29 is 18.7 Å². The molecule has 1 aliphatic rings. The predicted octanol–water partition coefficient (Wildman–Crippen LogP) is 2.44. The average Bonchev–Trinajstić information content (AvgIpc) is 2.44. The topological polar surface area (TPSA) is 47.6 Å². The quantitative estimate of drug-likeness (QED) is 0.848. The summed E-state index contributed by atoms with van der Waals surface area (Å²) in [5.74, 6) is 1.45. The number of hydrogen-bond acceptors (Lipinski definition) is 3. The highest BCUT2D eigenvalue weighted by atomic mass is 19.1. The van der Waals surface area contributed by atoms with E-state index in [1.54, 1.807) is 0 Å². The van der Waals surface area contributed by atoms with Gasteiger partial charge in [-0.05, 0) is 32.3 Å². The van der Waals surface area contributed by atoms with Gasteiger partial charge in [-0.15, -0.1) is 6.42 Å². The fourth-order valence-electron chi connectivity index (χ4n) is 2.15. The van der Waals surface area contributed by atoms with Crippen LogP contribution in [0.3, 0.4) is 0 Å². The van der Waals surface area contributed by atoms with Gasteiger partial charge in [0, 0.05) is 17.2 Å². The van der Waals surface area contributed by atoms with Crippen LogP contribution in [0.15, 0.2) is 6.07 Å². The van der Waals surface area contributed by atoms with Gasteiger partial charge in [-0.25, -0.2) is 4.39 Å². The summed E-state index contributed by atoms with van der Waals surface area (Å²) in [5, 5.41) is 2.88. The number of carbonyl (C=O) groups is 1. The summed E-state index contributed by atoms with van der Waals surface area (Å²) in [6.45, 7) is 1.47. The standard InChI is InChI=1S/C16H18FNO3/c1-4-8-21-15-13(20-3)9-12(10(2)14(15)17)16(19)18-11-6-5-7-11/h1,9,11H,5-8H2,2-3H3,(H,18,19). The number of rotatable bonds is 5. The Kier molecular flexibility index (Phi) is 4.69. The highest BCUT2D eigenvalue weighted by Crippen LogP contribution is 2.34. The van der Waals surface area contributed by atoms with E-state index < -0.39 is 5.82 Å². The average molecular weight is 291 g/mol. The summed E-state index contributed by atoms with van der Waals surface area (Å²) in [7, 11) is 1.39. The third-order valence-corrected chi connectivity index (χ3v) is 3.64. The van der Waals surface area contributed by atoms with E-state index in [0.29, 0.717) is 0 Å². The van der Waals surface area contributed by atoms with Crippen LogP contribution >= 0.6 is 0 Å². The van der Waals surface area contributed by atoms with Crippen molar-refractivity contribution in [2.75, 3.05) is 13.7 Å². The minimum Gasteiger partial charge on any atom is -0.493 e. The van der Waals surface area contributed by atoms with Gasteiger partial charge < -0.3 is 14.8 Å². The smallest absolute Gasteiger partial charge is 0.252 e. The third kappa shape index (κ3) is 3.10. The van der Waals surface area contributed by atoms with Crippen molar-refractivity contribution in [1.29, 1.82) is 0 Å². The Balaban J connectivity index is 2.31. The first-order chi connectivity index (χ1) is 10.1. The molecule has 5 heteroatoms. The van der Waals surface area contributed by atoms with Crippen LogP contribution in [-0.2, 0) is 0 Å². The number of amides is 1. The Hall–Kier alpha value is -2.22. The molecule has 0 unspecified atom stereocenters. The molecule has 0 spiro atoms. The van der Waals surface area contributed by atoms with Gasteiger partial charge in [0.25, 0.3) is 5.91 Å². The summed E-state index contributed by atoms with van der Waals surface area (Å²) in [6.07, 6.45) is 8.15. The summed E-state index contributed by atoms with van der Waals surface area (Å²) >= 11 is 0. The first kappa shape index (κ1) is 15.2. The van der Waals surface area contributed by atoms with E-state index in [1.165, 1.54) is 20.1 Å². The first-order valence-electron chi connectivity index (χ1n) is 6.82. The van der Waals surface area contributed by atoms with Gasteiger partial charge in [-0.2, -0.15) is 0 Å². The van der Waals surface area contributed by atoms with Crippen molar-refractivity contribution in [3.8, 4) is 23.8 Å². The fourth-order valence-corrected chi connectivity index (χ4v) is 2.15.